The van der Waals surface area contributed by atoms with Gasteiger partial charge < -0.3 is 19.4 Å². The molecule has 1 aromatic carbocycles. The lowest BCUT2D eigenvalue weighted by Gasteiger charge is -2.19. The van der Waals surface area contributed by atoms with E-state index < -0.39 is 12.2 Å². The second-order valence-corrected chi connectivity index (χ2v) is 3.98. The fraction of sp³-hybridized carbons (Fsp3) is 0.286. The molecule has 2 rings (SSSR count). The van der Waals surface area contributed by atoms with Gasteiger partial charge in [0.25, 0.3) is 0 Å². The highest BCUT2D eigenvalue weighted by molar-refractivity contribution is 5.13. The molecule has 0 aliphatic carbocycles. The minimum atomic E-state index is -0.964. The van der Waals surface area contributed by atoms with Gasteiger partial charge in [0.05, 0.1) is 19.5 Å². The first kappa shape index (κ1) is 12.8. The van der Waals surface area contributed by atoms with E-state index in [1.165, 1.54) is 6.26 Å². The van der Waals surface area contributed by atoms with Crippen LogP contribution in [0.25, 0.3) is 0 Å². The second kappa shape index (κ2) is 6.35. The first-order valence-corrected chi connectivity index (χ1v) is 5.79. The fourth-order valence-electron chi connectivity index (χ4n) is 1.66. The van der Waals surface area contributed by atoms with Crippen molar-refractivity contribution in [1.29, 1.82) is 0 Å². The Bertz CT molecular complexity index is 438. The molecule has 0 spiro atoms. The molecule has 0 fully saturated rings. The number of aliphatic hydroxyl groups excluding tert-OH is 2. The predicted octanol–water partition coefficient (Wildman–Crippen LogP) is 1.89. The van der Waals surface area contributed by atoms with Crippen molar-refractivity contribution >= 4 is 0 Å². The summed E-state index contributed by atoms with van der Waals surface area (Å²) < 4.78 is 10.6. The monoisotopic (exact) mass is 248 g/mol. The Balaban J connectivity index is 1.93. The first-order valence-electron chi connectivity index (χ1n) is 5.79. The molecule has 18 heavy (non-hydrogen) atoms. The Labute approximate surface area is 105 Å². The van der Waals surface area contributed by atoms with E-state index in [0.29, 0.717) is 12.4 Å². The van der Waals surface area contributed by atoms with Gasteiger partial charge in [-0.2, -0.15) is 0 Å². The van der Waals surface area contributed by atoms with E-state index >= 15 is 0 Å². The van der Waals surface area contributed by atoms with Gasteiger partial charge in [-0.25, -0.2) is 0 Å². The summed E-state index contributed by atoms with van der Waals surface area (Å²) >= 11 is 0. The third-order valence-electron chi connectivity index (χ3n) is 2.67. The minimum Gasteiger partial charge on any atom is -0.466 e. The van der Waals surface area contributed by atoms with Crippen molar-refractivity contribution in [3.63, 3.8) is 0 Å². The third kappa shape index (κ3) is 3.20. The summed E-state index contributed by atoms with van der Waals surface area (Å²) in [7, 11) is 0. The lowest BCUT2D eigenvalue weighted by Crippen LogP contribution is -2.25. The summed E-state index contributed by atoms with van der Waals surface area (Å²) in [5, 5.41) is 19.2. The number of hydrogen-bond acceptors (Lipinski definition) is 4. The normalized spacial score (nSPS) is 14.3. The van der Waals surface area contributed by atoms with Crippen LogP contribution in [0, 0.1) is 0 Å². The molecular formula is C14H16O4. The van der Waals surface area contributed by atoms with Gasteiger partial charge in [-0.1, -0.05) is 30.3 Å². The number of benzene rings is 1. The zero-order valence-electron chi connectivity index (χ0n) is 9.90. The van der Waals surface area contributed by atoms with E-state index in [2.05, 4.69) is 0 Å². The van der Waals surface area contributed by atoms with Crippen molar-refractivity contribution in [2.24, 2.45) is 0 Å². The van der Waals surface area contributed by atoms with Crippen LogP contribution in [-0.2, 0) is 11.3 Å². The molecule has 1 heterocycles. The summed E-state index contributed by atoms with van der Waals surface area (Å²) in [5.41, 5.74) is 0.989. The molecule has 0 aliphatic rings. The first-order chi connectivity index (χ1) is 8.81. The maximum absolute atomic E-state index is 9.97. The summed E-state index contributed by atoms with van der Waals surface area (Å²) in [6.07, 6.45) is -0.186. The Morgan fingerprint density at radius 2 is 1.89 bits per heavy atom. The van der Waals surface area contributed by atoms with Gasteiger partial charge in [-0.3, -0.25) is 0 Å². The third-order valence-corrected chi connectivity index (χ3v) is 2.67. The van der Waals surface area contributed by atoms with Crippen LogP contribution in [0.2, 0.25) is 0 Å². The van der Waals surface area contributed by atoms with Crippen LogP contribution in [0.5, 0.6) is 0 Å². The fourth-order valence-corrected chi connectivity index (χ4v) is 1.66. The van der Waals surface area contributed by atoms with Gasteiger partial charge in [-0.05, 0) is 17.7 Å². The van der Waals surface area contributed by atoms with Crippen LogP contribution in [-0.4, -0.2) is 22.9 Å². The molecule has 1 aromatic heterocycles. The lowest BCUT2D eigenvalue weighted by atomic mass is 10.1. The van der Waals surface area contributed by atoms with Crippen molar-refractivity contribution in [3.05, 3.63) is 60.1 Å². The Morgan fingerprint density at radius 3 is 2.50 bits per heavy atom. The average molecular weight is 248 g/mol. The highest BCUT2D eigenvalue weighted by atomic mass is 16.5. The summed E-state index contributed by atoms with van der Waals surface area (Å²) in [4.78, 5) is 0. The zero-order valence-corrected chi connectivity index (χ0v) is 9.90. The molecule has 2 unspecified atom stereocenters. The smallest absolute Gasteiger partial charge is 0.140 e. The molecule has 0 aliphatic heterocycles. The van der Waals surface area contributed by atoms with Crippen molar-refractivity contribution < 1.29 is 19.4 Å². The topological polar surface area (TPSA) is 62.8 Å². The predicted molar refractivity (Wildman–Crippen MR) is 65.8 cm³/mol. The minimum absolute atomic E-state index is 0.269. The van der Waals surface area contributed by atoms with Gasteiger partial charge >= 0.3 is 0 Å². The molecule has 0 saturated carbocycles. The van der Waals surface area contributed by atoms with Crippen LogP contribution >= 0.6 is 0 Å². The largest absolute Gasteiger partial charge is 0.466 e. The number of rotatable bonds is 6. The van der Waals surface area contributed by atoms with E-state index in [-0.39, 0.29) is 6.61 Å². The summed E-state index contributed by atoms with van der Waals surface area (Å²) in [5.74, 6) is 0.391. The van der Waals surface area contributed by atoms with Crippen LogP contribution in [0.15, 0.2) is 53.1 Å². The molecule has 0 amide bonds. The maximum atomic E-state index is 9.97. The maximum Gasteiger partial charge on any atom is 0.140 e. The van der Waals surface area contributed by atoms with E-state index in [4.69, 9.17) is 9.15 Å². The number of furan rings is 1. The van der Waals surface area contributed by atoms with Crippen LogP contribution < -0.4 is 0 Å². The molecule has 0 radical (unpaired) electrons. The molecule has 2 aromatic rings. The van der Waals surface area contributed by atoms with Crippen LogP contribution in [0.4, 0.5) is 0 Å². The highest BCUT2D eigenvalue weighted by Gasteiger charge is 2.23. The Kier molecular flexibility index (Phi) is 4.52. The second-order valence-electron chi connectivity index (χ2n) is 3.98. The number of ether oxygens (including phenoxy) is 1. The lowest BCUT2D eigenvalue weighted by molar-refractivity contribution is -0.0789. The van der Waals surface area contributed by atoms with Crippen LogP contribution in [0.3, 0.4) is 0 Å². The molecule has 0 saturated heterocycles. The van der Waals surface area contributed by atoms with Crippen molar-refractivity contribution in [2.45, 2.75) is 18.8 Å². The molecule has 2 N–H and O–H groups in total. The van der Waals surface area contributed by atoms with E-state index in [0.717, 1.165) is 5.56 Å². The highest BCUT2D eigenvalue weighted by Crippen LogP contribution is 2.20. The summed E-state index contributed by atoms with van der Waals surface area (Å²) in [6, 6.07) is 12.9. The van der Waals surface area contributed by atoms with Crippen molar-refractivity contribution in [1.82, 2.24) is 0 Å². The zero-order chi connectivity index (χ0) is 12.8. The van der Waals surface area contributed by atoms with Gasteiger partial charge in [-0.15, -0.1) is 0 Å². The van der Waals surface area contributed by atoms with Gasteiger partial charge in [0, 0.05) is 0 Å². The van der Waals surface area contributed by atoms with Crippen molar-refractivity contribution in [2.75, 3.05) is 6.61 Å². The Hall–Kier alpha value is -1.62. The number of aliphatic hydroxyl groups is 2. The van der Waals surface area contributed by atoms with Gasteiger partial charge in [0.1, 0.15) is 18.0 Å². The average Bonchev–Trinajstić information content (AvgIpc) is 2.94. The standard InChI is InChI=1S/C14H16O4/c15-9-13(14(16)12-7-4-8-17-12)18-10-11-5-2-1-3-6-11/h1-8,13-16H,9-10H2. The molecule has 96 valence electrons. The summed E-state index contributed by atoms with van der Waals surface area (Å²) in [6.45, 7) is 0.0680. The van der Waals surface area contributed by atoms with E-state index in [9.17, 15) is 10.2 Å². The number of hydrogen-bond donors (Lipinski definition) is 2. The quantitative estimate of drug-likeness (QED) is 0.819. The molecule has 4 heteroatoms. The molecule has 0 bridgehead atoms. The Morgan fingerprint density at radius 1 is 1.11 bits per heavy atom. The van der Waals surface area contributed by atoms with E-state index in [1.54, 1.807) is 12.1 Å². The van der Waals surface area contributed by atoms with E-state index in [1.807, 2.05) is 30.3 Å². The van der Waals surface area contributed by atoms with Gasteiger partial charge in [0.2, 0.25) is 0 Å². The van der Waals surface area contributed by atoms with Crippen LogP contribution in [0.1, 0.15) is 17.4 Å². The van der Waals surface area contributed by atoms with Crippen molar-refractivity contribution in [3.8, 4) is 0 Å². The molecule has 2 atom stereocenters. The molecular weight excluding hydrogens is 232 g/mol. The van der Waals surface area contributed by atoms with Gasteiger partial charge in [0.15, 0.2) is 0 Å². The SMILES string of the molecule is OCC(OCc1ccccc1)C(O)c1ccco1. The molecule has 4 nitrogen and oxygen atoms in total.